The first kappa shape index (κ1) is 23.2. The van der Waals surface area contributed by atoms with E-state index in [1.807, 2.05) is 65.6 Å². The van der Waals surface area contributed by atoms with Crippen molar-refractivity contribution in [2.75, 3.05) is 13.1 Å². The number of nitrogens with one attached hydrogen (secondary N) is 1. The molecule has 1 N–H and O–H groups in total. The molecule has 2 aliphatic rings. The van der Waals surface area contributed by atoms with Crippen LogP contribution in [0, 0.1) is 0 Å². The van der Waals surface area contributed by atoms with Crippen LogP contribution in [0.3, 0.4) is 0 Å². The van der Waals surface area contributed by atoms with Crippen LogP contribution in [0.5, 0.6) is 0 Å². The summed E-state index contributed by atoms with van der Waals surface area (Å²) in [5, 5.41) is 3.11. The number of benzene rings is 3. The standard InChI is InChI=1S/C30H32N2O3/c33-28(18-15-23-9-3-1-4-10-23)32-21-19-30(20-22-32,25-12-5-2-6-13-25)35-29(34)31-27-17-16-24-11-7-8-14-26(24)27/h1-14,27H,15-22H2,(H,31,34). The lowest BCUT2D eigenvalue weighted by Crippen LogP contribution is -2.48. The van der Waals surface area contributed by atoms with Crippen LogP contribution in [-0.4, -0.2) is 30.0 Å². The number of hydrogen-bond acceptors (Lipinski definition) is 3. The summed E-state index contributed by atoms with van der Waals surface area (Å²) in [7, 11) is 0. The maximum atomic E-state index is 13.1. The number of likely N-dealkylation sites (tertiary alicyclic amines) is 1. The number of amides is 2. The predicted octanol–water partition coefficient (Wildman–Crippen LogP) is 5.55. The fourth-order valence-corrected chi connectivity index (χ4v) is 5.42. The number of rotatable bonds is 6. The molecule has 0 radical (unpaired) electrons. The van der Waals surface area contributed by atoms with Crippen LogP contribution in [0.4, 0.5) is 4.79 Å². The third-order valence-corrected chi connectivity index (χ3v) is 7.41. The highest BCUT2D eigenvalue weighted by atomic mass is 16.6. The molecule has 3 aromatic carbocycles. The first-order valence-corrected chi connectivity index (χ1v) is 12.6. The van der Waals surface area contributed by atoms with Gasteiger partial charge >= 0.3 is 6.09 Å². The van der Waals surface area contributed by atoms with Gasteiger partial charge in [-0.25, -0.2) is 4.79 Å². The summed E-state index contributed by atoms with van der Waals surface area (Å²) in [4.78, 5) is 27.9. The largest absolute Gasteiger partial charge is 0.438 e. The number of hydrogen-bond donors (Lipinski definition) is 1. The minimum atomic E-state index is -0.736. The SMILES string of the molecule is O=C(NC1CCc2ccccc21)OC1(c2ccccc2)CCN(C(=O)CCc2ccccc2)CC1. The van der Waals surface area contributed by atoms with Crippen molar-refractivity contribution in [3.05, 3.63) is 107 Å². The van der Waals surface area contributed by atoms with Crippen LogP contribution in [-0.2, 0) is 28.0 Å². The number of carbonyl (C=O) groups excluding carboxylic acids is 2. The van der Waals surface area contributed by atoms with E-state index in [2.05, 4.69) is 29.6 Å². The fourth-order valence-electron chi connectivity index (χ4n) is 5.42. The molecule has 5 heteroatoms. The van der Waals surface area contributed by atoms with Crippen LogP contribution < -0.4 is 5.32 Å². The highest BCUT2D eigenvalue weighted by Crippen LogP contribution is 2.38. The van der Waals surface area contributed by atoms with Crippen molar-refractivity contribution >= 4 is 12.0 Å². The number of nitrogens with zero attached hydrogens (tertiary/aromatic N) is 1. The number of alkyl carbamates (subject to hydrolysis) is 1. The molecule has 1 saturated heterocycles. The van der Waals surface area contributed by atoms with Gasteiger partial charge in [-0.1, -0.05) is 84.9 Å². The monoisotopic (exact) mass is 468 g/mol. The van der Waals surface area contributed by atoms with Gasteiger partial charge < -0.3 is 15.0 Å². The molecule has 5 nitrogen and oxygen atoms in total. The van der Waals surface area contributed by atoms with Crippen molar-refractivity contribution in [3.63, 3.8) is 0 Å². The summed E-state index contributed by atoms with van der Waals surface area (Å²) in [6.07, 6.45) is 3.86. The average molecular weight is 469 g/mol. The third-order valence-electron chi connectivity index (χ3n) is 7.41. The quantitative estimate of drug-likeness (QED) is 0.516. The van der Waals surface area contributed by atoms with E-state index < -0.39 is 5.60 Å². The molecule has 180 valence electrons. The number of carbonyl (C=O) groups is 2. The van der Waals surface area contributed by atoms with Gasteiger partial charge in [-0.05, 0) is 41.5 Å². The highest BCUT2D eigenvalue weighted by Gasteiger charge is 2.41. The van der Waals surface area contributed by atoms with Gasteiger partial charge in [0.15, 0.2) is 0 Å². The Morgan fingerprint density at radius 3 is 2.29 bits per heavy atom. The molecule has 3 aromatic rings. The molecule has 0 spiro atoms. The zero-order chi connectivity index (χ0) is 24.1. The summed E-state index contributed by atoms with van der Waals surface area (Å²) in [5.41, 5.74) is 3.89. The van der Waals surface area contributed by atoms with Crippen LogP contribution in [0.15, 0.2) is 84.9 Å². The second kappa shape index (κ2) is 10.3. The van der Waals surface area contributed by atoms with Gasteiger partial charge in [-0.2, -0.15) is 0 Å². The molecular weight excluding hydrogens is 436 g/mol. The van der Waals surface area contributed by atoms with Gasteiger partial charge in [0.05, 0.1) is 6.04 Å². The topological polar surface area (TPSA) is 58.6 Å². The lowest BCUT2D eigenvalue weighted by Gasteiger charge is -2.41. The number of fused-ring (bicyclic) bond motifs is 1. The first-order chi connectivity index (χ1) is 17.1. The smallest absolute Gasteiger partial charge is 0.408 e. The van der Waals surface area contributed by atoms with Gasteiger partial charge in [-0.3, -0.25) is 4.79 Å². The normalized spacial score (nSPS) is 18.5. The second-order valence-electron chi connectivity index (χ2n) is 9.55. The van der Waals surface area contributed by atoms with Crippen LogP contribution in [0.25, 0.3) is 0 Å². The molecule has 1 aliphatic carbocycles. The highest BCUT2D eigenvalue weighted by molar-refractivity contribution is 5.76. The predicted molar refractivity (Wildman–Crippen MR) is 136 cm³/mol. The van der Waals surface area contributed by atoms with Crippen molar-refractivity contribution in [3.8, 4) is 0 Å². The molecule has 35 heavy (non-hydrogen) atoms. The van der Waals surface area contributed by atoms with Gasteiger partial charge in [-0.15, -0.1) is 0 Å². The lowest BCUT2D eigenvalue weighted by molar-refractivity contribution is -0.135. The van der Waals surface area contributed by atoms with Crippen LogP contribution >= 0.6 is 0 Å². The molecule has 0 aromatic heterocycles. The van der Waals surface area contributed by atoms with Crippen molar-refractivity contribution < 1.29 is 14.3 Å². The summed E-state index contributed by atoms with van der Waals surface area (Å²) < 4.78 is 6.21. The average Bonchev–Trinajstić information content (AvgIpc) is 3.31. The Morgan fingerprint density at radius 2 is 1.54 bits per heavy atom. The maximum absolute atomic E-state index is 13.1. The van der Waals surface area contributed by atoms with E-state index in [0.29, 0.717) is 32.4 Å². The Morgan fingerprint density at radius 1 is 0.886 bits per heavy atom. The summed E-state index contributed by atoms with van der Waals surface area (Å²) in [5.74, 6) is 0.155. The molecule has 2 amide bonds. The number of piperidine rings is 1. The van der Waals surface area contributed by atoms with E-state index in [0.717, 1.165) is 24.8 Å². The minimum Gasteiger partial charge on any atom is -0.438 e. The molecule has 0 bridgehead atoms. The maximum Gasteiger partial charge on any atom is 0.408 e. The minimum absolute atomic E-state index is 0.0221. The van der Waals surface area contributed by atoms with Crippen molar-refractivity contribution in [2.24, 2.45) is 0 Å². The van der Waals surface area contributed by atoms with E-state index in [-0.39, 0.29) is 18.0 Å². The van der Waals surface area contributed by atoms with E-state index in [1.165, 1.54) is 16.7 Å². The summed E-state index contributed by atoms with van der Waals surface area (Å²) >= 11 is 0. The fraction of sp³-hybridized carbons (Fsp3) is 0.333. The molecule has 0 saturated carbocycles. The van der Waals surface area contributed by atoms with Gasteiger partial charge in [0.25, 0.3) is 0 Å². The Kier molecular flexibility index (Phi) is 6.84. The molecular formula is C30H32N2O3. The summed E-state index contributed by atoms with van der Waals surface area (Å²) in [6, 6.07) is 28.3. The van der Waals surface area contributed by atoms with Gasteiger partial charge in [0.1, 0.15) is 5.60 Å². The molecule has 5 rings (SSSR count). The number of ether oxygens (including phenoxy) is 1. The Balaban J connectivity index is 1.24. The van der Waals surface area contributed by atoms with Gasteiger partial charge in [0, 0.05) is 32.4 Å². The molecule has 1 atom stereocenters. The zero-order valence-corrected chi connectivity index (χ0v) is 20.0. The third kappa shape index (κ3) is 5.24. The Hall–Kier alpha value is -3.60. The molecule has 1 fully saturated rings. The van der Waals surface area contributed by atoms with E-state index in [1.54, 1.807) is 0 Å². The Bertz CT molecular complexity index is 1150. The molecule has 1 unspecified atom stereocenters. The van der Waals surface area contributed by atoms with E-state index >= 15 is 0 Å². The lowest BCUT2D eigenvalue weighted by atomic mass is 9.84. The second-order valence-corrected chi connectivity index (χ2v) is 9.55. The van der Waals surface area contributed by atoms with Crippen LogP contribution in [0.1, 0.15) is 54.0 Å². The van der Waals surface area contributed by atoms with Crippen molar-refractivity contribution in [1.29, 1.82) is 0 Å². The summed E-state index contributed by atoms with van der Waals surface area (Å²) in [6.45, 7) is 1.14. The molecule has 1 aliphatic heterocycles. The van der Waals surface area contributed by atoms with E-state index in [9.17, 15) is 9.59 Å². The van der Waals surface area contributed by atoms with Gasteiger partial charge in [0.2, 0.25) is 5.91 Å². The first-order valence-electron chi connectivity index (χ1n) is 12.6. The Labute approximate surface area is 207 Å². The van der Waals surface area contributed by atoms with Crippen molar-refractivity contribution in [2.45, 2.75) is 50.2 Å². The zero-order valence-electron chi connectivity index (χ0n) is 20.0. The van der Waals surface area contributed by atoms with E-state index in [4.69, 9.17) is 4.74 Å². The van der Waals surface area contributed by atoms with Crippen molar-refractivity contribution in [1.82, 2.24) is 10.2 Å². The van der Waals surface area contributed by atoms with Crippen LogP contribution in [0.2, 0.25) is 0 Å². The number of aryl methyl sites for hydroxylation is 2. The molecule has 1 heterocycles.